The third-order valence-corrected chi connectivity index (χ3v) is 5.95. The van der Waals surface area contributed by atoms with Gasteiger partial charge in [0.05, 0.1) is 16.2 Å². The summed E-state index contributed by atoms with van der Waals surface area (Å²) in [5, 5.41) is 1.47. The van der Waals surface area contributed by atoms with E-state index in [9.17, 15) is 4.79 Å². The Balaban J connectivity index is 1.35. The molecule has 0 saturated carbocycles. The van der Waals surface area contributed by atoms with Gasteiger partial charge in [0.2, 0.25) is 0 Å². The van der Waals surface area contributed by atoms with Gasteiger partial charge in [0.15, 0.2) is 5.78 Å². The van der Waals surface area contributed by atoms with E-state index < -0.39 is 0 Å². The highest BCUT2D eigenvalue weighted by Gasteiger charge is 2.11. The van der Waals surface area contributed by atoms with Crippen LogP contribution in [0.5, 0.6) is 0 Å². The van der Waals surface area contributed by atoms with Crippen LogP contribution in [0.3, 0.4) is 0 Å². The Morgan fingerprint density at radius 3 is 2.62 bits per heavy atom. The number of Topliss-reactive ketones (excluding diaryl/α,β-unsaturated/α-hetero) is 1. The average molecular weight is 408 g/mol. The van der Waals surface area contributed by atoms with Crippen LogP contribution >= 0.6 is 11.6 Å². The molecule has 4 rings (SSSR count). The van der Waals surface area contributed by atoms with Crippen LogP contribution in [-0.4, -0.2) is 40.3 Å². The van der Waals surface area contributed by atoms with Crippen molar-refractivity contribution in [3.05, 3.63) is 59.4 Å². The van der Waals surface area contributed by atoms with Gasteiger partial charge in [0, 0.05) is 35.3 Å². The summed E-state index contributed by atoms with van der Waals surface area (Å²) >= 11 is 6.38. The van der Waals surface area contributed by atoms with Crippen LogP contribution in [0.4, 0.5) is 0 Å². The van der Waals surface area contributed by atoms with Crippen LogP contribution < -0.4 is 0 Å². The second-order valence-electron chi connectivity index (χ2n) is 7.74. The number of fused-ring (bicyclic) bond motifs is 1. The number of hydrogen-bond acceptors (Lipinski definition) is 4. The molecular formula is C24H26ClN3O. The van der Waals surface area contributed by atoms with Crippen molar-refractivity contribution in [2.24, 2.45) is 0 Å². The van der Waals surface area contributed by atoms with E-state index in [0.717, 1.165) is 47.1 Å². The number of pyridine rings is 2. The van der Waals surface area contributed by atoms with E-state index in [1.807, 2.05) is 36.4 Å². The standard InChI is InChI=1S/C24H26ClN3O/c25-21-16-23(27-22-11-12-26-17-20(21)22)18-7-9-19(10-8-18)24(29)6-2-5-15-28-13-3-1-4-14-28/h7-12,16-17H,1-6,13-15H2. The van der Waals surface area contributed by atoms with Crippen molar-refractivity contribution in [1.82, 2.24) is 14.9 Å². The minimum atomic E-state index is 0.214. The lowest BCUT2D eigenvalue weighted by Gasteiger charge is -2.26. The maximum atomic E-state index is 12.5. The van der Waals surface area contributed by atoms with E-state index in [-0.39, 0.29) is 5.78 Å². The molecule has 1 saturated heterocycles. The average Bonchev–Trinajstić information content (AvgIpc) is 2.77. The molecule has 0 unspecified atom stereocenters. The van der Waals surface area contributed by atoms with E-state index in [0.29, 0.717) is 11.4 Å². The lowest BCUT2D eigenvalue weighted by molar-refractivity contribution is 0.0977. The lowest BCUT2D eigenvalue weighted by atomic mass is 10.0. The van der Waals surface area contributed by atoms with Crippen molar-refractivity contribution in [1.29, 1.82) is 0 Å². The number of carbonyl (C=O) groups excluding carboxylic acids is 1. The number of ketones is 1. The molecule has 0 amide bonds. The van der Waals surface area contributed by atoms with Gasteiger partial charge in [-0.05, 0) is 57.5 Å². The SMILES string of the molecule is O=C(CCCCN1CCCCC1)c1ccc(-c2cc(Cl)c3cnccc3n2)cc1. The smallest absolute Gasteiger partial charge is 0.162 e. The Labute approximate surface area is 176 Å². The topological polar surface area (TPSA) is 46.1 Å². The summed E-state index contributed by atoms with van der Waals surface area (Å²) in [5.41, 5.74) is 3.33. The Morgan fingerprint density at radius 1 is 1.03 bits per heavy atom. The molecule has 4 nitrogen and oxygen atoms in total. The number of unbranched alkanes of at least 4 members (excludes halogenated alkanes) is 1. The molecule has 3 aromatic rings. The molecule has 1 fully saturated rings. The molecule has 0 atom stereocenters. The van der Waals surface area contributed by atoms with Crippen LogP contribution in [0, 0.1) is 0 Å². The number of carbonyl (C=O) groups is 1. The molecular weight excluding hydrogens is 382 g/mol. The summed E-state index contributed by atoms with van der Waals surface area (Å²) in [6, 6.07) is 11.4. The number of likely N-dealkylation sites (tertiary alicyclic amines) is 1. The second kappa shape index (κ2) is 9.47. The Bertz CT molecular complexity index is 981. The van der Waals surface area contributed by atoms with Gasteiger partial charge in [0.1, 0.15) is 0 Å². The maximum Gasteiger partial charge on any atom is 0.162 e. The molecule has 2 aromatic heterocycles. The summed E-state index contributed by atoms with van der Waals surface area (Å²) in [5.74, 6) is 0.214. The highest BCUT2D eigenvalue weighted by molar-refractivity contribution is 6.35. The van der Waals surface area contributed by atoms with Crippen LogP contribution in [0.2, 0.25) is 5.02 Å². The number of nitrogens with zero attached hydrogens (tertiary/aromatic N) is 3. The van der Waals surface area contributed by atoms with Gasteiger partial charge in [-0.1, -0.05) is 42.3 Å². The quantitative estimate of drug-likeness (QED) is 0.367. The number of benzene rings is 1. The Morgan fingerprint density at radius 2 is 1.83 bits per heavy atom. The van der Waals surface area contributed by atoms with E-state index in [1.54, 1.807) is 12.4 Å². The third kappa shape index (κ3) is 5.01. The Hall–Kier alpha value is -2.30. The molecule has 5 heteroatoms. The molecule has 1 aromatic carbocycles. The number of aromatic nitrogens is 2. The molecule has 0 bridgehead atoms. The molecule has 150 valence electrons. The molecule has 0 radical (unpaired) electrons. The molecule has 3 heterocycles. The zero-order valence-corrected chi connectivity index (χ0v) is 17.4. The van der Waals surface area contributed by atoms with E-state index in [2.05, 4.69) is 14.9 Å². The van der Waals surface area contributed by atoms with E-state index in [1.165, 1.54) is 32.4 Å². The van der Waals surface area contributed by atoms with Gasteiger partial charge in [-0.2, -0.15) is 0 Å². The zero-order valence-electron chi connectivity index (χ0n) is 16.6. The van der Waals surface area contributed by atoms with Crippen molar-refractivity contribution < 1.29 is 4.79 Å². The fourth-order valence-electron chi connectivity index (χ4n) is 3.95. The largest absolute Gasteiger partial charge is 0.303 e. The first-order chi connectivity index (χ1) is 14.2. The first-order valence-electron chi connectivity index (χ1n) is 10.5. The van der Waals surface area contributed by atoms with Gasteiger partial charge in [-0.15, -0.1) is 0 Å². The van der Waals surface area contributed by atoms with Crippen LogP contribution in [-0.2, 0) is 0 Å². The number of piperidine rings is 1. The second-order valence-corrected chi connectivity index (χ2v) is 8.15. The predicted octanol–water partition coefficient (Wildman–Crippen LogP) is 5.79. The summed E-state index contributed by atoms with van der Waals surface area (Å²) in [4.78, 5) is 23.8. The molecule has 0 N–H and O–H groups in total. The van der Waals surface area contributed by atoms with Crippen molar-refractivity contribution in [3.8, 4) is 11.3 Å². The molecule has 0 aliphatic carbocycles. The summed E-state index contributed by atoms with van der Waals surface area (Å²) in [6.45, 7) is 3.56. The minimum absolute atomic E-state index is 0.214. The van der Waals surface area contributed by atoms with E-state index >= 15 is 0 Å². The number of hydrogen-bond donors (Lipinski definition) is 0. The minimum Gasteiger partial charge on any atom is -0.303 e. The molecule has 29 heavy (non-hydrogen) atoms. The molecule has 1 aliphatic heterocycles. The van der Waals surface area contributed by atoms with Gasteiger partial charge >= 0.3 is 0 Å². The maximum absolute atomic E-state index is 12.5. The molecule has 0 spiro atoms. The fraction of sp³-hybridized carbons (Fsp3) is 0.375. The summed E-state index contributed by atoms with van der Waals surface area (Å²) in [7, 11) is 0. The van der Waals surface area contributed by atoms with Crippen LogP contribution in [0.15, 0.2) is 48.8 Å². The Kier molecular flexibility index (Phi) is 6.53. The summed E-state index contributed by atoms with van der Waals surface area (Å²) < 4.78 is 0. The number of rotatable bonds is 7. The van der Waals surface area contributed by atoms with Crippen molar-refractivity contribution in [3.63, 3.8) is 0 Å². The lowest BCUT2D eigenvalue weighted by Crippen LogP contribution is -2.30. The fourth-order valence-corrected chi connectivity index (χ4v) is 4.20. The predicted molar refractivity (Wildman–Crippen MR) is 118 cm³/mol. The third-order valence-electron chi connectivity index (χ3n) is 5.64. The first-order valence-corrected chi connectivity index (χ1v) is 10.8. The monoisotopic (exact) mass is 407 g/mol. The van der Waals surface area contributed by atoms with Gasteiger partial charge < -0.3 is 4.90 Å². The highest BCUT2D eigenvalue weighted by Crippen LogP contribution is 2.27. The van der Waals surface area contributed by atoms with Gasteiger partial charge in [0.25, 0.3) is 0 Å². The van der Waals surface area contributed by atoms with Gasteiger partial charge in [-0.3, -0.25) is 9.78 Å². The molecule has 1 aliphatic rings. The first kappa shape index (κ1) is 20.0. The highest BCUT2D eigenvalue weighted by atomic mass is 35.5. The van der Waals surface area contributed by atoms with Crippen LogP contribution in [0.25, 0.3) is 22.2 Å². The van der Waals surface area contributed by atoms with Crippen LogP contribution in [0.1, 0.15) is 48.9 Å². The normalized spacial score (nSPS) is 14.9. The number of halogens is 1. The van der Waals surface area contributed by atoms with E-state index in [4.69, 9.17) is 11.6 Å². The van der Waals surface area contributed by atoms with Crippen molar-refractivity contribution >= 4 is 28.3 Å². The summed E-state index contributed by atoms with van der Waals surface area (Å²) in [6.07, 6.45) is 10.1. The zero-order chi connectivity index (χ0) is 20.1. The van der Waals surface area contributed by atoms with Gasteiger partial charge in [-0.25, -0.2) is 4.98 Å². The van der Waals surface area contributed by atoms with Crippen molar-refractivity contribution in [2.75, 3.05) is 19.6 Å². The van der Waals surface area contributed by atoms with Crippen molar-refractivity contribution in [2.45, 2.75) is 38.5 Å².